The van der Waals surface area contributed by atoms with Crippen molar-refractivity contribution < 1.29 is 18.3 Å². The Bertz CT molecular complexity index is 1170. The molecular weight excluding hydrogens is 392 g/mol. The summed E-state index contributed by atoms with van der Waals surface area (Å²) in [5.74, 6) is -0.560. The maximum absolute atomic E-state index is 12.9. The number of phenolic OH excluding ortho intramolecular Hbond substituents is 1. The van der Waals surface area contributed by atoms with Crippen LogP contribution in [0.4, 0.5) is 0 Å². The second kappa shape index (κ2) is 8.68. The number of benzene rings is 2. The highest BCUT2D eigenvalue weighted by molar-refractivity contribution is 7.89. The average Bonchev–Trinajstić information content (AvgIpc) is 2.72. The standard InChI is InChI=1S/C20H18N4O4S/c21-9-11-23-20(26)19(12-14-3-5-16(25)6-4-14)24-29(27,28)17-7-8-18-15(13-17)2-1-10-22-18/h1-8,10,13,19,24-25H,11-12H2,(H,23,26). The zero-order valence-electron chi connectivity index (χ0n) is 15.2. The van der Waals surface area contributed by atoms with Gasteiger partial charge in [0.1, 0.15) is 18.3 Å². The van der Waals surface area contributed by atoms with E-state index in [0.717, 1.165) is 0 Å². The van der Waals surface area contributed by atoms with E-state index in [9.17, 15) is 18.3 Å². The summed E-state index contributed by atoms with van der Waals surface area (Å²) in [7, 11) is -4.02. The molecule has 1 amide bonds. The van der Waals surface area contributed by atoms with E-state index in [2.05, 4.69) is 15.0 Å². The largest absolute Gasteiger partial charge is 0.508 e. The van der Waals surface area contributed by atoms with Crippen LogP contribution in [0.2, 0.25) is 0 Å². The third kappa shape index (κ3) is 5.07. The predicted octanol–water partition coefficient (Wildman–Crippen LogP) is 1.47. The van der Waals surface area contributed by atoms with Crippen LogP contribution < -0.4 is 10.0 Å². The van der Waals surface area contributed by atoms with Crippen LogP contribution in [0.25, 0.3) is 10.9 Å². The lowest BCUT2D eigenvalue weighted by Gasteiger charge is -2.18. The Kier molecular flexibility index (Phi) is 6.07. The fourth-order valence-electron chi connectivity index (χ4n) is 2.78. The first kappa shape index (κ1) is 20.3. The molecule has 9 heteroatoms. The molecule has 1 unspecified atom stereocenters. The normalized spacial score (nSPS) is 12.2. The van der Waals surface area contributed by atoms with E-state index < -0.39 is 22.0 Å². The van der Waals surface area contributed by atoms with E-state index in [1.807, 2.05) is 0 Å². The number of nitrogens with zero attached hydrogens (tertiary/aromatic N) is 2. The van der Waals surface area contributed by atoms with Gasteiger partial charge in [-0.1, -0.05) is 18.2 Å². The van der Waals surface area contributed by atoms with Gasteiger partial charge in [-0.25, -0.2) is 8.42 Å². The van der Waals surface area contributed by atoms with Gasteiger partial charge in [0.25, 0.3) is 0 Å². The smallest absolute Gasteiger partial charge is 0.241 e. The summed E-state index contributed by atoms with van der Waals surface area (Å²) in [6.07, 6.45) is 1.66. The Morgan fingerprint density at radius 1 is 1.17 bits per heavy atom. The summed E-state index contributed by atoms with van der Waals surface area (Å²) in [5, 5.41) is 21.1. The number of aromatic nitrogens is 1. The van der Waals surface area contributed by atoms with Gasteiger partial charge in [-0.3, -0.25) is 9.78 Å². The summed E-state index contributed by atoms with van der Waals surface area (Å²) in [5.41, 5.74) is 1.30. The van der Waals surface area contributed by atoms with Crippen molar-refractivity contribution >= 4 is 26.8 Å². The lowest BCUT2D eigenvalue weighted by molar-refractivity contribution is -0.122. The first-order chi connectivity index (χ1) is 13.9. The van der Waals surface area contributed by atoms with Crippen molar-refractivity contribution in [2.75, 3.05) is 6.54 Å². The molecule has 3 rings (SSSR count). The minimum Gasteiger partial charge on any atom is -0.508 e. The SMILES string of the molecule is N#CCNC(=O)C(Cc1ccc(O)cc1)NS(=O)(=O)c1ccc2ncccc2c1. The molecule has 29 heavy (non-hydrogen) atoms. The molecule has 0 spiro atoms. The number of hydrogen-bond donors (Lipinski definition) is 3. The van der Waals surface area contributed by atoms with Gasteiger partial charge in [0.05, 0.1) is 16.5 Å². The van der Waals surface area contributed by atoms with Gasteiger partial charge in [0.2, 0.25) is 15.9 Å². The third-order valence-corrected chi connectivity index (χ3v) is 5.69. The first-order valence-corrected chi connectivity index (χ1v) is 10.2. The summed E-state index contributed by atoms with van der Waals surface area (Å²) < 4.78 is 28.2. The van der Waals surface area contributed by atoms with E-state index >= 15 is 0 Å². The van der Waals surface area contributed by atoms with Crippen LogP contribution >= 0.6 is 0 Å². The highest BCUT2D eigenvalue weighted by Crippen LogP contribution is 2.18. The second-order valence-corrected chi connectivity index (χ2v) is 7.99. The molecular formula is C20H18N4O4S. The molecule has 0 aliphatic carbocycles. The van der Waals surface area contributed by atoms with Crippen molar-refractivity contribution in [3.05, 3.63) is 66.4 Å². The van der Waals surface area contributed by atoms with Crippen LogP contribution in [0.3, 0.4) is 0 Å². The zero-order valence-corrected chi connectivity index (χ0v) is 16.1. The lowest BCUT2D eigenvalue weighted by atomic mass is 10.1. The average molecular weight is 410 g/mol. The number of sulfonamides is 1. The van der Waals surface area contributed by atoms with Crippen LogP contribution in [0.15, 0.2) is 65.7 Å². The summed E-state index contributed by atoms with van der Waals surface area (Å²) in [6, 6.07) is 14.7. The number of pyridine rings is 1. The Morgan fingerprint density at radius 3 is 2.66 bits per heavy atom. The summed E-state index contributed by atoms with van der Waals surface area (Å²) in [6.45, 7) is -0.242. The van der Waals surface area contributed by atoms with Gasteiger partial charge in [-0.2, -0.15) is 9.98 Å². The molecule has 0 saturated heterocycles. The van der Waals surface area contributed by atoms with Crippen LogP contribution in [-0.2, 0) is 21.2 Å². The molecule has 0 saturated carbocycles. The molecule has 3 N–H and O–H groups in total. The minimum absolute atomic E-state index is 0.00166. The fourth-order valence-corrected chi connectivity index (χ4v) is 4.01. The fraction of sp³-hybridized carbons (Fsp3) is 0.150. The highest BCUT2D eigenvalue weighted by Gasteiger charge is 2.26. The summed E-state index contributed by atoms with van der Waals surface area (Å²) >= 11 is 0. The van der Waals surface area contributed by atoms with E-state index in [0.29, 0.717) is 16.5 Å². The Labute approximate surface area is 167 Å². The first-order valence-electron chi connectivity index (χ1n) is 8.69. The molecule has 2 aromatic carbocycles. The van der Waals surface area contributed by atoms with Gasteiger partial charge in [-0.15, -0.1) is 0 Å². The maximum Gasteiger partial charge on any atom is 0.241 e. The number of rotatable bonds is 7. The molecule has 8 nitrogen and oxygen atoms in total. The van der Waals surface area contributed by atoms with Crippen molar-refractivity contribution in [3.63, 3.8) is 0 Å². The lowest BCUT2D eigenvalue weighted by Crippen LogP contribution is -2.48. The topological polar surface area (TPSA) is 132 Å². The van der Waals surface area contributed by atoms with Crippen molar-refractivity contribution in [2.24, 2.45) is 0 Å². The number of phenols is 1. The Balaban J connectivity index is 1.88. The van der Waals surface area contributed by atoms with Gasteiger partial charge < -0.3 is 10.4 Å². The molecule has 0 fully saturated rings. The van der Waals surface area contributed by atoms with Crippen molar-refractivity contribution in [1.29, 1.82) is 5.26 Å². The molecule has 1 aromatic heterocycles. The molecule has 0 aliphatic rings. The molecule has 0 radical (unpaired) electrons. The number of fused-ring (bicyclic) bond motifs is 1. The van der Waals surface area contributed by atoms with Crippen LogP contribution in [0, 0.1) is 11.3 Å². The number of nitriles is 1. The van der Waals surface area contributed by atoms with Gasteiger partial charge in [0.15, 0.2) is 0 Å². The Hall–Kier alpha value is -3.48. The van der Waals surface area contributed by atoms with Crippen LogP contribution in [0.1, 0.15) is 5.56 Å². The van der Waals surface area contributed by atoms with Crippen molar-refractivity contribution in [2.45, 2.75) is 17.4 Å². The molecule has 1 heterocycles. The number of nitrogens with one attached hydrogen (secondary N) is 2. The number of carbonyl (C=O) groups excluding carboxylic acids is 1. The number of hydrogen-bond acceptors (Lipinski definition) is 6. The molecule has 148 valence electrons. The number of amides is 1. The van der Waals surface area contributed by atoms with Crippen LogP contribution in [0.5, 0.6) is 5.75 Å². The van der Waals surface area contributed by atoms with E-state index in [-0.39, 0.29) is 23.6 Å². The monoisotopic (exact) mass is 410 g/mol. The molecule has 0 bridgehead atoms. The van der Waals surface area contributed by atoms with Crippen molar-refractivity contribution in [1.82, 2.24) is 15.0 Å². The van der Waals surface area contributed by atoms with E-state index in [1.54, 1.807) is 42.6 Å². The van der Waals surface area contributed by atoms with E-state index in [1.165, 1.54) is 24.3 Å². The third-order valence-electron chi connectivity index (χ3n) is 4.22. The summed E-state index contributed by atoms with van der Waals surface area (Å²) in [4.78, 5) is 16.6. The zero-order chi connectivity index (χ0) is 20.9. The minimum atomic E-state index is -4.02. The molecule has 3 aromatic rings. The number of aromatic hydroxyl groups is 1. The van der Waals surface area contributed by atoms with Crippen molar-refractivity contribution in [3.8, 4) is 11.8 Å². The highest BCUT2D eigenvalue weighted by atomic mass is 32.2. The Morgan fingerprint density at radius 2 is 1.93 bits per heavy atom. The van der Waals surface area contributed by atoms with Gasteiger partial charge in [-0.05, 0) is 48.4 Å². The quantitative estimate of drug-likeness (QED) is 0.505. The van der Waals surface area contributed by atoms with Gasteiger partial charge in [0, 0.05) is 11.6 Å². The second-order valence-electron chi connectivity index (χ2n) is 6.28. The van der Waals surface area contributed by atoms with Gasteiger partial charge >= 0.3 is 0 Å². The molecule has 1 atom stereocenters. The maximum atomic E-state index is 12.9. The van der Waals surface area contributed by atoms with Crippen LogP contribution in [-0.4, -0.2) is 37.0 Å². The number of carbonyl (C=O) groups is 1. The predicted molar refractivity (Wildman–Crippen MR) is 106 cm³/mol. The van der Waals surface area contributed by atoms with E-state index in [4.69, 9.17) is 5.26 Å². The molecule has 0 aliphatic heterocycles.